The summed E-state index contributed by atoms with van der Waals surface area (Å²) in [6.07, 6.45) is 3.43. The zero-order chi connectivity index (χ0) is 29.1. The zero-order valence-corrected chi connectivity index (χ0v) is 25.0. The van der Waals surface area contributed by atoms with Crippen molar-refractivity contribution >= 4 is 11.7 Å². The van der Waals surface area contributed by atoms with Gasteiger partial charge in [0.15, 0.2) is 6.10 Å². The van der Waals surface area contributed by atoms with E-state index >= 15 is 0 Å². The first-order valence-corrected chi connectivity index (χ1v) is 14.1. The second kappa shape index (κ2) is 12.0. The van der Waals surface area contributed by atoms with Crippen LogP contribution in [0.3, 0.4) is 0 Å². The molecule has 214 valence electrons. The number of carboxylic acids is 1. The number of hydrogen-bond donors (Lipinski definition) is 1. The number of benzene rings is 1. The van der Waals surface area contributed by atoms with Crippen LogP contribution >= 0.6 is 0 Å². The van der Waals surface area contributed by atoms with Crippen LogP contribution in [-0.2, 0) is 16.0 Å². The molecule has 1 atom stereocenters. The molecular weight excluding hydrogens is 502 g/mol. The van der Waals surface area contributed by atoms with Gasteiger partial charge in [-0.15, -0.1) is 0 Å². The fraction of sp³-hybridized carbons (Fsp3) is 0.485. The molecule has 1 N–H and O–H groups in total. The van der Waals surface area contributed by atoms with Gasteiger partial charge < -0.3 is 19.5 Å². The molecule has 0 radical (unpaired) electrons. The minimum atomic E-state index is -1.13. The van der Waals surface area contributed by atoms with Gasteiger partial charge in [-0.05, 0) is 82.7 Å². The van der Waals surface area contributed by atoms with E-state index in [-0.39, 0.29) is 5.41 Å². The molecule has 4 rings (SSSR count). The molecule has 1 saturated heterocycles. The number of carboxylic acid groups (broad SMARTS) is 1. The lowest BCUT2D eigenvalue weighted by Gasteiger charge is -2.41. The van der Waals surface area contributed by atoms with Crippen molar-refractivity contribution in [2.45, 2.75) is 79.4 Å². The Kier molecular flexibility index (Phi) is 8.83. The Bertz CT molecular complexity index is 1300. The van der Waals surface area contributed by atoms with E-state index < -0.39 is 17.7 Å². The van der Waals surface area contributed by atoms with Gasteiger partial charge in [0.2, 0.25) is 0 Å². The predicted molar refractivity (Wildman–Crippen MR) is 159 cm³/mol. The van der Waals surface area contributed by atoms with Crippen molar-refractivity contribution in [2.24, 2.45) is 5.41 Å². The molecular formula is C33H43N3O4. The van der Waals surface area contributed by atoms with Crippen LogP contribution in [0.4, 0.5) is 5.69 Å². The van der Waals surface area contributed by atoms with Crippen LogP contribution in [0.25, 0.3) is 11.1 Å². The Hall–Kier alpha value is -3.45. The standard InChI is InChI=1S/C33H43N3O4/c1-22-27(24-11-13-26(14-12-24)39-21-15-25-10-8-9-18-34-25)29(36-19-16-33(6,7)17-20-36)28(23(2)35-22)30(31(37)38)40-32(3,4)5/h8-14,18,30H,15-17,19-21H2,1-7H3,(H,37,38)/t30-/m0/s1. The van der Waals surface area contributed by atoms with Crippen LogP contribution in [0.15, 0.2) is 48.7 Å². The van der Waals surface area contributed by atoms with E-state index in [1.165, 1.54) is 0 Å². The summed E-state index contributed by atoms with van der Waals surface area (Å²) >= 11 is 0. The number of aromatic nitrogens is 2. The fourth-order valence-corrected chi connectivity index (χ4v) is 5.29. The highest BCUT2D eigenvalue weighted by molar-refractivity contribution is 5.88. The van der Waals surface area contributed by atoms with E-state index in [1.54, 1.807) is 6.20 Å². The van der Waals surface area contributed by atoms with Crippen molar-refractivity contribution in [3.05, 3.63) is 71.3 Å². The Labute approximate surface area is 238 Å². The van der Waals surface area contributed by atoms with E-state index in [4.69, 9.17) is 14.5 Å². The van der Waals surface area contributed by atoms with E-state index in [0.29, 0.717) is 17.9 Å². The molecule has 0 amide bonds. The highest BCUT2D eigenvalue weighted by atomic mass is 16.5. The summed E-state index contributed by atoms with van der Waals surface area (Å²) in [6.45, 7) is 16.4. The van der Waals surface area contributed by atoms with Crippen LogP contribution in [0.5, 0.6) is 5.75 Å². The highest BCUT2D eigenvalue weighted by Gasteiger charge is 2.36. The number of piperidine rings is 1. The largest absolute Gasteiger partial charge is 0.493 e. The smallest absolute Gasteiger partial charge is 0.337 e. The number of rotatable bonds is 9. The molecule has 1 fully saturated rings. The summed E-state index contributed by atoms with van der Waals surface area (Å²) in [5, 5.41) is 10.4. The average Bonchev–Trinajstić information content (AvgIpc) is 2.88. The van der Waals surface area contributed by atoms with Crippen LogP contribution in [0, 0.1) is 19.3 Å². The molecule has 40 heavy (non-hydrogen) atoms. The average molecular weight is 546 g/mol. The van der Waals surface area contributed by atoms with Crippen LogP contribution < -0.4 is 9.64 Å². The van der Waals surface area contributed by atoms with Gasteiger partial charge in [-0.1, -0.05) is 32.0 Å². The van der Waals surface area contributed by atoms with E-state index in [1.807, 2.05) is 77.1 Å². The molecule has 3 aromatic rings. The summed E-state index contributed by atoms with van der Waals surface area (Å²) in [6, 6.07) is 13.9. The van der Waals surface area contributed by atoms with Crippen LogP contribution in [-0.4, -0.2) is 46.3 Å². The molecule has 0 spiro atoms. The molecule has 1 aromatic carbocycles. The Morgan fingerprint density at radius 1 is 1.05 bits per heavy atom. The van der Waals surface area contributed by atoms with Crippen molar-refractivity contribution in [3.8, 4) is 16.9 Å². The third-order valence-electron chi connectivity index (χ3n) is 7.47. The lowest BCUT2D eigenvalue weighted by molar-refractivity contribution is -0.160. The van der Waals surface area contributed by atoms with Crippen LogP contribution in [0.1, 0.15) is 76.2 Å². The maximum Gasteiger partial charge on any atom is 0.337 e. The number of pyridine rings is 2. The Balaban J connectivity index is 1.74. The highest BCUT2D eigenvalue weighted by Crippen LogP contribution is 2.45. The molecule has 0 saturated carbocycles. The summed E-state index contributed by atoms with van der Waals surface area (Å²) in [4.78, 5) is 24.2. The number of anilines is 1. The van der Waals surface area contributed by atoms with Gasteiger partial charge in [-0.25, -0.2) is 4.79 Å². The number of carbonyl (C=O) groups is 1. The third kappa shape index (κ3) is 7.19. The number of aryl methyl sites for hydroxylation is 2. The number of hydrogen-bond acceptors (Lipinski definition) is 6. The van der Waals surface area contributed by atoms with Gasteiger partial charge in [0.25, 0.3) is 0 Å². The molecule has 0 unspecified atom stereocenters. The number of nitrogens with zero attached hydrogens (tertiary/aromatic N) is 3. The summed E-state index contributed by atoms with van der Waals surface area (Å²) in [7, 11) is 0. The maximum absolute atomic E-state index is 12.7. The summed E-state index contributed by atoms with van der Waals surface area (Å²) in [5.74, 6) is -0.233. The van der Waals surface area contributed by atoms with E-state index in [0.717, 1.165) is 66.3 Å². The number of aliphatic carboxylic acids is 1. The molecule has 3 heterocycles. The Morgan fingerprint density at radius 2 is 1.73 bits per heavy atom. The Morgan fingerprint density at radius 3 is 2.30 bits per heavy atom. The molecule has 0 aliphatic carbocycles. The molecule has 1 aliphatic rings. The molecule has 7 nitrogen and oxygen atoms in total. The first kappa shape index (κ1) is 29.5. The minimum absolute atomic E-state index is 0.246. The first-order valence-electron chi connectivity index (χ1n) is 14.1. The van der Waals surface area contributed by atoms with E-state index in [9.17, 15) is 9.90 Å². The second-order valence-corrected chi connectivity index (χ2v) is 12.5. The van der Waals surface area contributed by atoms with Gasteiger partial charge in [0.1, 0.15) is 5.75 Å². The molecule has 0 bridgehead atoms. The van der Waals surface area contributed by atoms with Gasteiger partial charge in [0.05, 0.1) is 17.9 Å². The first-order chi connectivity index (χ1) is 18.8. The second-order valence-electron chi connectivity index (χ2n) is 12.5. The van der Waals surface area contributed by atoms with Crippen molar-refractivity contribution in [1.82, 2.24) is 9.97 Å². The van der Waals surface area contributed by atoms with Gasteiger partial charge in [-0.3, -0.25) is 9.97 Å². The van der Waals surface area contributed by atoms with Crippen molar-refractivity contribution in [1.29, 1.82) is 0 Å². The summed E-state index contributed by atoms with van der Waals surface area (Å²) in [5.41, 5.74) is 5.63. The normalized spacial score (nSPS) is 16.0. The molecule has 7 heteroatoms. The van der Waals surface area contributed by atoms with Gasteiger partial charge >= 0.3 is 5.97 Å². The van der Waals surface area contributed by atoms with Crippen LogP contribution in [0.2, 0.25) is 0 Å². The number of ether oxygens (including phenoxy) is 2. The SMILES string of the molecule is Cc1nc(C)c([C@H](OC(C)(C)C)C(=O)O)c(N2CCC(C)(C)CC2)c1-c1ccc(OCCc2ccccn2)cc1. The lowest BCUT2D eigenvalue weighted by Crippen LogP contribution is -2.39. The maximum atomic E-state index is 12.7. The van der Waals surface area contributed by atoms with Crippen molar-refractivity contribution < 1.29 is 19.4 Å². The van der Waals surface area contributed by atoms with Crippen molar-refractivity contribution in [3.63, 3.8) is 0 Å². The topological polar surface area (TPSA) is 84.8 Å². The monoisotopic (exact) mass is 545 g/mol. The summed E-state index contributed by atoms with van der Waals surface area (Å²) < 4.78 is 12.2. The van der Waals surface area contributed by atoms with E-state index in [2.05, 4.69) is 23.7 Å². The zero-order valence-electron chi connectivity index (χ0n) is 25.0. The van der Waals surface area contributed by atoms with Crippen molar-refractivity contribution in [2.75, 3.05) is 24.6 Å². The molecule has 1 aliphatic heterocycles. The van der Waals surface area contributed by atoms with Gasteiger partial charge in [-0.2, -0.15) is 0 Å². The van der Waals surface area contributed by atoms with Gasteiger partial charge in [0, 0.05) is 53.9 Å². The molecule has 2 aromatic heterocycles. The lowest BCUT2D eigenvalue weighted by atomic mass is 9.82. The predicted octanol–water partition coefficient (Wildman–Crippen LogP) is 6.95. The minimum Gasteiger partial charge on any atom is -0.493 e. The third-order valence-corrected chi connectivity index (χ3v) is 7.47. The quantitative estimate of drug-likeness (QED) is 0.311. The fourth-order valence-electron chi connectivity index (χ4n) is 5.29.